The zero-order valence-corrected chi connectivity index (χ0v) is 17.4. The number of nitrogens with one attached hydrogen (secondary N) is 2. The van der Waals surface area contributed by atoms with Crippen molar-refractivity contribution in [3.8, 4) is 5.95 Å². The summed E-state index contributed by atoms with van der Waals surface area (Å²) in [5.74, 6) is -1.12. The number of nitrogens with zero attached hydrogens (tertiary/aromatic N) is 3. The number of amidine groups is 1. The largest absolute Gasteiger partial charge is 0.479 e. The van der Waals surface area contributed by atoms with Gasteiger partial charge in [-0.15, -0.1) is 16.4 Å². The SMILES string of the molecule is CCN(CC)c1ccc(NN=C2N=c3sc(=Cc4[nH]c(=O)oc4O)cc3S2)cc1. The van der Waals surface area contributed by atoms with Crippen molar-refractivity contribution in [2.24, 2.45) is 10.1 Å². The lowest BCUT2D eigenvalue weighted by Gasteiger charge is -2.21. The maximum atomic E-state index is 11.1. The number of hydrazone groups is 1. The Morgan fingerprint density at radius 2 is 2.07 bits per heavy atom. The highest BCUT2D eigenvalue weighted by Crippen LogP contribution is 2.23. The fraction of sp³-hybridized carbons (Fsp3) is 0.211. The Bertz CT molecular complexity index is 1220. The van der Waals surface area contributed by atoms with Crippen molar-refractivity contribution >= 4 is 45.7 Å². The van der Waals surface area contributed by atoms with E-state index in [-0.39, 0.29) is 5.69 Å². The van der Waals surface area contributed by atoms with Crippen molar-refractivity contribution < 1.29 is 9.52 Å². The zero-order chi connectivity index (χ0) is 20.4. The fourth-order valence-corrected chi connectivity index (χ4v) is 4.87. The van der Waals surface area contributed by atoms with Gasteiger partial charge in [-0.3, -0.25) is 10.4 Å². The number of benzene rings is 1. The van der Waals surface area contributed by atoms with Crippen LogP contribution in [-0.2, 0) is 0 Å². The normalized spacial score (nSPS) is 14.8. The molecule has 10 heteroatoms. The molecule has 0 fully saturated rings. The second-order valence-corrected chi connectivity index (χ2v) is 8.21. The van der Waals surface area contributed by atoms with E-state index < -0.39 is 11.7 Å². The quantitative estimate of drug-likeness (QED) is 0.520. The molecule has 0 radical (unpaired) electrons. The lowest BCUT2D eigenvalue weighted by molar-refractivity contribution is 0.319. The molecule has 0 atom stereocenters. The Labute approximate surface area is 174 Å². The van der Waals surface area contributed by atoms with Gasteiger partial charge in [0.2, 0.25) is 5.17 Å². The summed E-state index contributed by atoms with van der Waals surface area (Å²) in [6.45, 7) is 6.22. The standard InChI is InChI=1S/C19H19N5O3S2/c1-3-24(4-2)12-7-5-11(6-8-12)22-23-18-21-16-15(29-18)10-13(28-16)9-14-17(25)27-19(26)20-14/h5-10,22,25H,3-4H2,1-2H3,(H,20,26). The molecule has 150 valence electrons. The lowest BCUT2D eigenvalue weighted by Crippen LogP contribution is -2.21. The predicted octanol–water partition coefficient (Wildman–Crippen LogP) is 2.52. The molecule has 8 nitrogen and oxygen atoms in total. The Balaban J connectivity index is 1.48. The number of thioether (sulfide) groups is 1. The first-order valence-corrected chi connectivity index (χ1v) is 10.7. The molecule has 0 unspecified atom stereocenters. The molecular weight excluding hydrogens is 410 g/mol. The average molecular weight is 430 g/mol. The highest BCUT2D eigenvalue weighted by Gasteiger charge is 2.15. The van der Waals surface area contributed by atoms with Crippen LogP contribution < -0.4 is 25.3 Å². The van der Waals surface area contributed by atoms with Crippen molar-refractivity contribution in [2.75, 3.05) is 23.4 Å². The van der Waals surface area contributed by atoms with Gasteiger partial charge >= 0.3 is 11.7 Å². The van der Waals surface area contributed by atoms with Crippen molar-refractivity contribution in [2.45, 2.75) is 18.7 Å². The summed E-state index contributed by atoms with van der Waals surface area (Å²) in [5, 5.41) is 14.6. The van der Waals surface area contributed by atoms with Gasteiger partial charge in [0.05, 0.1) is 10.6 Å². The number of H-pyrrole nitrogens is 1. The lowest BCUT2D eigenvalue weighted by atomic mass is 10.2. The number of hydrogen-bond donors (Lipinski definition) is 3. The minimum absolute atomic E-state index is 0.239. The number of aromatic hydroxyl groups is 1. The van der Waals surface area contributed by atoms with Crippen LogP contribution in [0.4, 0.5) is 11.4 Å². The minimum Gasteiger partial charge on any atom is -0.479 e. The maximum Gasteiger partial charge on any atom is 0.419 e. The topological polar surface area (TPSA) is 106 Å². The summed E-state index contributed by atoms with van der Waals surface area (Å²) in [4.78, 5) is 21.3. The monoisotopic (exact) mass is 429 g/mol. The van der Waals surface area contributed by atoms with E-state index >= 15 is 0 Å². The summed E-state index contributed by atoms with van der Waals surface area (Å²) in [5.41, 5.74) is 5.36. The molecule has 0 spiro atoms. The van der Waals surface area contributed by atoms with Gasteiger partial charge in [0, 0.05) is 23.3 Å². The molecule has 3 aromatic rings. The summed E-state index contributed by atoms with van der Waals surface area (Å²) >= 11 is 2.89. The van der Waals surface area contributed by atoms with Crippen molar-refractivity contribution in [1.82, 2.24) is 4.98 Å². The van der Waals surface area contributed by atoms with Crippen LogP contribution in [0.2, 0.25) is 0 Å². The molecular formula is C19H19N5O3S2. The van der Waals surface area contributed by atoms with Crippen LogP contribution in [0.1, 0.15) is 19.5 Å². The molecule has 4 rings (SSSR count). The summed E-state index contributed by atoms with van der Waals surface area (Å²) in [6.07, 6.45) is 1.64. The van der Waals surface area contributed by atoms with E-state index in [1.54, 1.807) is 6.08 Å². The molecule has 29 heavy (non-hydrogen) atoms. The van der Waals surface area contributed by atoms with Crippen LogP contribution in [0.15, 0.2) is 54.5 Å². The molecule has 0 saturated heterocycles. The van der Waals surface area contributed by atoms with Gasteiger partial charge in [0.25, 0.3) is 0 Å². The summed E-state index contributed by atoms with van der Waals surface area (Å²) < 4.78 is 6.23. The van der Waals surface area contributed by atoms with E-state index in [1.807, 2.05) is 18.2 Å². The van der Waals surface area contributed by atoms with Gasteiger partial charge in [0.15, 0.2) is 0 Å². The minimum atomic E-state index is -0.692. The molecule has 1 aliphatic rings. The van der Waals surface area contributed by atoms with Crippen LogP contribution >= 0.6 is 23.1 Å². The molecule has 3 N–H and O–H groups in total. The van der Waals surface area contributed by atoms with Crippen LogP contribution in [-0.4, -0.2) is 28.3 Å². The fourth-order valence-electron chi connectivity index (χ4n) is 2.88. The van der Waals surface area contributed by atoms with E-state index in [9.17, 15) is 9.90 Å². The first kappa shape index (κ1) is 19.3. The van der Waals surface area contributed by atoms with Crippen LogP contribution in [0.25, 0.3) is 6.08 Å². The van der Waals surface area contributed by atoms with Crippen molar-refractivity contribution in [1.29, 1.82) is 0 Å². The number of aromatic amines is 1. The maximum absolute atomic E-state index is 11.1. The van der Waals surface area contributed by atoms with E-state index in [4.69, 9.17) is 0 Å². The van der Waals surface area contributed by atoms with E-state index in [0.717, 1.165) is 32.9 Å². The van der Waals surface area contributed by atoms with Gasteiger partial charge in [-0.2, -0.15) is 0 Å². The Morgan fingerprint density at radius 1 is 1.31 bits per heavy atom. The van der Waals surface area contributed by atoms with Crippen molar-refractivity contribution in [3.05, 3.63) is 55.8 Å². The van der Waals surface area contributed by atoms with Gasteiger partial charge in [0.1, 0.15) is 10.4 Å². The number of hydrogen-bond acceptors (Lipinski definition) is 8. The summed E-state index contributed by atoms with van der Waals surface area (Å²) in [7, 11) is 0. The van der Waals surface area contributed by atoms with E-state index in [1.165, 1.54) is 28.8 Å². The molecule has 1 aromatic carbocycles. The molecule has 0 bridgehead atoms. The molecule has 3 heterocycles. The Hall–Kier alpha value is -2.98. The van der Waals surface area contributed by atoms with Crippen LogP contribution in [0.3, 0.4) is 0 Å². The second-order valence-electron chi connectivity index (χ2n) is 6.14. The smallest absolute Gasteiger partial charge is 0.419 e. The summed E-state index contributed by atoms with van der Waals surface area (Å²) in [6, 6.07) is 10.1. The highest BCUT2D eigenvalue weighted by atomic mass is 32.2. The first-order valence-electron chi connectivity index (χ1n) is 9.04. The number of aromatic nitrogens is 1. The number of rotatable bonds is 6. The molecule has 0 aliphatic carbocycles. The average Bonchev–Trinajstić information content (AvgIpc) is 3.35. The first-order chi connectivity index (χ1) is 14.1. The number of fused-ring (bicyclic) bond motifs is 1. The predicted molar refractivity (Wildman–Crippen MR) is 117 cm³/mol. The molecule has 2 aromatic heterocycles. The third kappa shape index (κ3) is 4.22. The van der Waals surface area contributed by atoms with Crippen molar-refractivity contribution in [3.63, 3.8) is 0 Å². The van der Waals surface area contributed by atoms with Crippen LogP contribution in [0.5, 0.6) is 5.95 Å². The Kier molecular flexibility index (Phi) is 5.45. The Morgan fingerprint density at radius 3 is 2.69 bits per heavy atom. The van der Waals surface area contributed by atoms with Gasteiger partial charge in [-0.1, -0.05) is 0 Å². The van der Waals surface area contributed by atoms with E-state index in [0.29, 0.717) is 5.17 Å². The molecule has 0 amide bonds. The molecule has 1 aliphatic heterocycles. The zero-order valence-electron chi connectivity index (χ0n) is 15.8. The number of anilines is 2. The number of thiophene rings is 1. The third-order valence-corrected chi connectivity index (χ3v) is 6.32. The molecule has 0 saturated carbocycles. The second kappa shape index (κ2) is 8.18. The van der Waals surface area contributed by atoms with Gasteiger partial charge in [-0.25, -0.2) is 9.79 Å². The highest BCUT2D eigenvalue weighted by molar-refractivity contribution is 8.14. The van der Waals surface area contributed by atoms with Gasteiger partial charge in [-0.05, 0) is 62.0 Å². The van der Waals surface area contributed by atoms with E-state index in [2.05, 4.69) is 55.8 Å². The third-order valence-electron chi connectivity index (χ3n) is 4.32. The van der Waals surface area contributed by atoms with Crippen LogP contribution in [0, 0.1) is 0 Å². The van der Waals surface area contributed by atoms with Gasteiger partial charge < -0.3 is 14.4 Å². The number of oxazole rings is 1.